The van der Waals surface area contributed by atoms with Gasteiger partial charge in [0, 0.05) is 6.42 Å². The maximum Gasteiger partial charge on any atom is 0.323 e. The zero-order chi connectivity index (χ0) is 20.9. The highest BCUT2D eigenvalue weighted by molar-refractivity contribution is 6.01. The Kier molecular flexibility index (Phi) is 6.18. The molecule has 1 atom stereocenters. The molecule has 29 heavy (non-hydrogen) atoms. The third-order valence-electron chi connectivity index (χ3n) is 5.31. The molecule has 2 aromatic rings. The van der Waals surface area contributed by atoms with Gasteiger partial charge in [0.1, 0.15) is 5.60 Å². The van der Waals surface area contributed by atoms with Crippen LogP contribution in [0.2, 0.25) is 0 Å². The predicted octanol–water partition coefficient (Wildman–Crippen LogP) is 3.86. The van der Waals surface area contributed by atoms with Crippen LogP contribution in [0.4, 0.5) is 0 Å². The minimum absolute atomic E-state index is 0.0327. The van der Waals surface area contributed by atoms with Gasteiger partial charge >= 0.3 is 11.9 Å². The number of rotatable bonds is 6. The van der Waals surface area contributed by atoms with Gasteiger partial charge in [-0.2, -0.15) is 0 Å². The number of benzene rings is 2. The van der Waals surface area contributed by atoms with E-state index in [0.29, 0.717) is 11.1 Å². The van der Waals surface area contributed by atoms with Crippen molar-refractivity contribution in [1.29, 1.82) is 0 Å². The third kappa shape index (κ3) is 3.96. The first-order chi connectivity index (χ1) is 14.0. The smallest absolute Gasteiger partial charge is 0.323 e. The standard InChI is InChI=1S/C24H26O5/c1-3-28-21(25)23(22(26)29-4-2)16-20(15-18-11-7-5-8-12-18)24(27,17-23)19-13-9-6-10-14-19/h5-15,27H,3-4,16-17H2,1-2H3/b20-15+/t24-/m0/s1. The van der Waals surface area contributed by atoms with E-state index in [1.807, 2.05) is 54.6 Å². The number of aliphatic hydroxyl groups is 1. The molecule has 5 heteroatoms. The number of ether oxygens (including phenoxy) is 2. The van der Waals surface area contributed by atoms with Crippen LogP contribution in [0.1, 0.15) is 37.8 Å². The number of hydrogen-bond donors (Lipinski definition) is 1. The Morgan fingerprint density at radius 2 is 1.45 bits per heavy atom. The SMILES string of the molecule is CCOC(=O)C1(C(=O)OCC)C/C(=C\c2ccccc2)[C@@](O)(c2ccccc2)C1. The summed E-state index contributed by atoms with van der Waals surface area (Å²) in [7, 11) is 0. The lowest BCUT2D eigenvalue weighted by Gasteiger charge is -2.28. The lowest BCUT2D eigenvalue weighted by molar-refractivity contribution is -0.173. The van der Waals surface area contributed by atoms with Crippen LogP contribution in [0.3, 0.4) is 0 Å². The molecule has 0 aliphatic heterocycles. The maximum atomic E-state index is 12.9. The highest BCUT2D eigenvalue weighted by Crippen LogP contribution is 2.54. The minimum Gasteiger partial charge on any atom is -0.465 e. The van der Waals surface area contributed by atoms with Crippen LogP contribution in [0, 0.1) is 5.41 Å². The molecule has 0 bridgehead atoms. The van der Waals surface area contributed by atoms with Gasteiger partial charge in [0.15, 0.2) is 5.41 Å². The van der Waals surface area contributed by atoms with Crippen molar-refractivity contribution in [1.82, 2.24) is 0 Å². The molecule has 0 spiro atoms. The summed E-state index contributed by atoms with van der Waals surface area (Å²) in [5, 5.41) is 11.8. The first-order valence-corrected chi connectivity index (χ1v) is 9.84. The number of hydrogen-bond acceptors (Lipinski definition) is 5. The molecule has 0 aromatic heterocycles. The summed E-state index contributed by atoms with van der Waals surface area (Å²) in [6, 6.07) is 18.6. The Labute approximate surface area is 171 Å². The van der Waals surface area contributed by atoms with E-state index in [2.05, 4.69) is 0 Å². The highest BCUT2D eigenvalue weighted by Gasteiger charge is 2.61. The zero-order valence-corrected chi connectivity index (χ0v) is 16.8. The Balaban J connectivity index is 2.15. The van der Waals surface area contributed by atoms with E-state index in [1.165, 1.54) is 0 Å². The van der Waals surface area contributed by atoms with Crippen LogP contribution in [-0.2, 0) is 24.7 Å². The average Bonchev–Trinajstić information content (AvgIpc) is 3.05. The predicted molar refractivity (Wildman–Crippen MR) is 110 cm³/mol. The van der Waals surface area contributed by atoms with Gasteiger partial charge in [-0.3, -0.25) is 9.59 Å². The number of carbonyl (C=O) groups is 2. The second kappa shape index (κ2) is 8.62. The molecule has 1 aliphatic carbocycles. The molecule has 3 rings (SSSR count). The molecule has 152 valence electrons. The van der Waals surface area contributed by atoms with Crippen molar-refractivity contribution >= 4 is 18.0 Å². The first-order valence-electron chi connectivity index (χ1n) is 9.84. The van der Waals surface area contributed by atoms with Crippen LogP contribution in [0.25, 0.3) is 6.08 Å². The topological polar surface area (TPSA) is 72.8 Å². The van der Waals surface area contributed by atoms with Gasteiger partial charge in [-0.25, -0.2) is 0 Å². The fourth-order valence-corrected chi connectivity index (χ4v) is 3.92. The molecular formula is C24H26O5. The monoisotopic (exact) mass is 394 g/mol. The van der Waals surface area contributed by atoms with Crippen molar-refractivity contribution in [2.45, 2.75) is 32.3 Å². The van der Waals surface area contributed by atoms with E-state index < -0.39 is 23.0 Å². The Morgan fingerprint density at radius 3 is 1.97 bits per heavy atom. The summed E-state index contributed by atoms with van der Waals surface area (Å²) in [6.45, 7) is 3.66. The minimum atomic E-state index is -1.59. The van der Waals surface area contributed by atoms with Crippen LogP contribution in [-0.4, -0.2) is 30.3 Å². The van der Waals surface area contributed by atoms with E-state index in [4.69, 9.17) is 9.47 Å². The Hall–Kier alpha value is -2.92. The van der Waals surface area contributed by atoms with Crippen molar-refractivity contribution in [3.63, 3.8) is 0 Å². The highest BCUT2D eigenvalue weighted by atomic mass is 16.6. The molecule has 0 amide bonds. The van der Waals surface area contributed by atoms with Crippen molar-refractivity contribution in [3.8, 4) is 0 Å². The van der Waals surface area contributed by atoms with Gasteiger partial charge in [-0.1, -0.05) is 66.7 Å². The number of esters is 2. The first kappa shape index (κ1) is 20.8. The van der Waals surface area contributed by atoms with Crippen LogP contribution in [0.5, 0.6) is 0 Å². The summed E-state index contributed by atoms with van der Waals surface area (Å²) in [5.74, 6) is -1.33. The van der Waals surface area contributed by atoms with Crippen molar-refractivity contribution in [2.75, 3.05) is 13.2 Å². The fraction of sp³-hybridized carbons (Fsp3) is 0.333. The average molecular weight is 394 g/mol. The van der Waals surface area contributed by atoms with Crippen molar-refractivity contribution in [3.05, 3.63) is 77.4 Å². The molecule has 2 aromatic carbocycles. The lowest BCUT2D eigenvalue weighted by Crippen LogP contribution is -2.41. The summed E-state index contributed by atoms with van der Waals surface area (Å²) in [4.78, 5) is 25.9. The number of carbonyl (C=O) groups excluding carboxylic acids is 2. The Morgan fingerprint density at radius 1 is 0.931 bits per heavy atom. The molecule has 0 heterocycles. The van der Waals surface area contributed by atoms with Crippen molar-refractivity contribution < 1.29 is 24.2 Å². The summed E-state index contributed by atoms with van der Waals surface area (Å²) in [6.07, 6.45) is 1.75. The fourth-order valence-electron chi connectivity index (χ4n) is 3.92. The zero-order valence-electron chi connectivity index (χ0n) is 16.8. The van der Waals surface area contributed by atoms with E-state index in [1.54, 1.807) is 26.0 Å². The van der Waals surface area contributed by atoms with E-state index >= 15 is 0 Å². The van der Waals surface area contributed by atoms with Gasteiger partial charge in [-0.05, 0) is 37.0 Å². The maximum absolute atomic E-state index is 12.9. The molecule has 5 nitrogen and oxygen atoms in total. The summed E-state index contributed by atoms with van der Waals surface area (Å²) >= 11 is 0. The normalized spacial score (nSPS) is 21.7. The summed E-state index contributed by atoms with van der Waals surface area (Å²) in [5.41, 5.74) is -0.998. The molecule has 1 saturated carbocycles. The molecule has 0 saturated heterocycles. The van der Waals surface area contributed by atoms with Gasteiger partial charge in [0.05, 0.1) is 13.2 Å². The summed E-state index contributed by atoms with van der Waals surface area (Å²) < 4.78 is 10.5. The van der Waals surface area contributed by atoms with Crippen LogP contribution < -0.4 is 0 Å². The van der Waals surface area contributed by atoms with E-state index in [0.717, 1.165) is 5.56 Å². The lowest BCUT2D eigenvalue weighted by atomic mass is 9.82. The molecule has 1 N–H and O–H groups in total. The van der Waals surface area contributed by atoms with Gasteiger partial charge in [-0.15, -0.1) is 0 Å². The third-order valence-corrected chi connectivity index (χ3v) is 5.31. The van der Waals surface area contributed by atoms with Gasteiger partial charge in [0.2, 0.25) is 0 Å². The Bertz CT molecular complexity index is 870. The molecule has 0 radical (unpaired) electrons. The largest absolute Gasteiger partial charge is 0.465 e. The van der Waals surface area contributed by atoms with E-state index in [9.17, 15) is 14.7 Å². The molecule has 1 fully saturated rings. The van der Waals surface area contributed by atoms with Crippen LogP contribution >= 0.6 is 0 Å². The molecule has 1 aliphatic rings. The second-order valence-corrected chi connectivity index (χ2v) is 7.18. The van der Waals surface area contributed by atoms with E-state index in [-0.39, 0.29) is 26.1 Å². The quantitative estimate of drug-likeness (QED) is 0.595. The van der Waals surface area contributed by atoms with Gasteiger partial charge < -0.3 is 14.6 Å². The second-order valence-electron chi connectivity index (χ2n) is 7.18. The molecule has 0 unspecified atom stereocenters. The van der Waals surface area contributed by atoms with Crippen molar-refractivity contribution in [2.24, 2.45) is 5.41 Å². The molecular weight excluding hydrogens is 368 g/mol. The van der Waals surface area contributed by atoms with Gasteiger partial charge in [0.25, 0.3) is 0 Å². The van der Waals surface area contributed by atoms with Crippen LogP contribution in [0.15, 0.2) is 66.2 Å².